The zero-order valence-corrected chi connectivity index (χ0v) is 17.8. The van der Waals surface area contributed by atoms with Gasteiger partial charge in [0.1, 0.15) is 5.82 Å². The van der Waals surface area contributed by atoms with Crippen molar-refractivity contribution >= 4 is 28.4 Å². The zero-order chi connectivity index (χ0) is 20.8. The molecule has 3 aromatic heterocycles. The number of aromatic amines is 1. The van der Waals surface area contributed by atoms with E-state index in [2.05, 4.69) is 38.3 Å². The lowest BCUT2D eigenvalue weighted by atomic mass is 10.2. The molecule has 3 saturated heterocycles. The lowest BCUT2D eigenvalue weighted by Crippen LogP contribution is -2.43. The Balaban J connectivity index is 1.54. The molecular formula is C21H28N8O2. The molecule has 0 radical (unpaired) electrons. The minimum Gasteiger partial charge on any atom is -0.378 e. The molecule has 2 atom stereocenters. The zero-order valence-electron chi connectivity index (χ0n) is 17.8. The van der Waals surface area contributed by atoms with Crippen LogP contribution in [-0.2, 0) is 9.47 Å². The number of H-pyrrole nitrogens is 1. The molecule has 0 aliphatic carbocycles. The number of nitrogens with one attached hydrogen (secondary N) is 2. The number of rotatable bonds is 5. The maximum absolute atomic E-state index is 6.12. The Kier molecular flexibility index (Phi) is 4.68. The molecule has 31 heavy (non-hydrogen) atoms. The molecule has 6 heterocycles. The van der Waals surface area contributed by atoms with Gasteiger partial charge in [-0.1, -0.05) is 0 Å². The molecule has 6 rings (SSSR count). The molecule has 10 heteroatoms. The molecule has 0 amide bonds. The maximum atomic E-state index is 6.12. The van der Waals surface area contributed by atoms with Crippen LogP contribution in [0.3, 0.4) is 0 Å². The Morgan fingerprint density at radius 1 is 1.16 bits per heavy atom. The van der Waals surface area contributed by atoms with E-state index in [0.29, 0.717) is 12.2 Å². The second kappa shape index (κ2) is 7.69. The predicted molar refractivity (Wildman–Crippen MR) is 118 cm³/mol. The van der Waals surface area contributed by atoms with Crippen LogP contribution in [0.5, 0.6) is 0 Å². The highest BCUT2D eigenvalue weighted by Gasteiger charge is 2.35. The van der Waals surface area contributed by atoms with Gasteiger partial charge in [-0.15, -0.1) is 5.10 Å². The van der Waals surface area contributed by atoms with Crippen molar-refractivity contribution in [2.75, 3.05) is 61.1 Å². The molecule has 3 fully saturated rings. The van der Waals surface area contributed by atoms with Crippen molar-refractivity contribution in [1.29, 1.82) is 0 Å². The number of ether oxygens (including phenoxy) is 2. The number of nitrogens with zero attached hydrogens (tertiary/aromatic N) is 6. The van der Waals surface area contributed by atoms with Gasteiger partial charge in [-0.3, -0.25) is 5.10 Å². The van der Waals surface area contributed by atoms with E-state index in [1.54, 1.807) is 6.20 Å². The molecule has 3 aliphatic rings. The van der Waals surface area contributed by atoms with Gasteiger partial charge in [-0.05, 0) is 19.8 Å². The van der Waals surface area contributed by atoms with E-state index in [0.717, 1.165) is 87.3 Å². The van der Waals surface area contributed by atoms with E-state index < -0.39 is 0 Å². The van der Waals surface area contributed by atoms with Crippen LogP contribution in [0.25, 0.3) is 16.9 Å². The molecule has 3 aromatic rings. The van der Waals surface area contributed by atoms with E-state index in [-0.39, 0.29) is 0 Å². The van der Waals surface area contributed by atoms with Gasteiger partial charge in [0, 0.05) is 44.9 Å². The molecule has 3 aliphatic heterocycles. The van der Waals surface area contributed by atoms with E-state index in [1.807, 2.05) is 10.7 Å². The van der Waals surface area contributed by atoms with Crippen LogP contribution in [0.4, 0.5) is 17.3 Å². The number of hydrogen-bond donors (Lipinski definition) is 2. The van der Waals surface area contributed by atoms with Crippen molar-refractivity contribution in [1.82, 2.24) is 25.0 Å². The third-order valence-electron chi connectivity index (χ3n) is 6.38. The van der Waals surface area contributed by atoms with Crippen molar-refractivity contribution in [2.24, 2.45) is 0 Å². The average Bonchev–Trinajstić information content (AvgIpc) is 3.53. The Morgan fingerprint density at radius 3 is 2.68 bits per heavy atom. The Labute approximate surface area is 180 Å². The molecule has 0 saturated carbocycles. The third-order valence-corrected chi connectivity index (χ3v) is 6.38. The SMILES string of the molecule is CCNc1nn(-c2ccn[nH]2)c2nc(N3CCOCC3)cc(N3CC4CCC(C3)O4)c12. The van der Waals surface area contributed by atoms with Crippen LogP contribution in [-0.4, -0.2) is 83.1 Å². The Bertz CT molecular complexity index is 1050. The van der Waals surface area contributed by atoms with E-state index in [4.69, 9.17) is 19.6 Å². The van der Waals surface area contributed by atoms with Crippen molar-refractivity contribution in [3.63, 3.8) is 0 Å². The Hall–Kier alpha value is -2.85. The first-order chi connectivity index (χ1) is 15.3. The summed E-state index contributed by atoms with van der Waals surface area (Å²) in [7, 11) is 0. The molecule has 164 valence electrons. The summed E-state index contributed by atoms with van der Waals surface area (Å²) in [6.07, 6.45) is 4.62. The van der Waals surface area contributed by atoms with Gasteiger partial charge < -0.3 is 24.6 Å². The van der Waals surface area contributed by atoms with Crippen molar-refractivity contribution in [2.45, 2.75) is 32.0 Å². The van der Waals surface area contributed by atoms with E-state index in [9.17, 15) is 0 Å². The van der Waals surface area contributed by atoms with Crippen LogP contribution in [0.15, 0.2) is 18.3 Å². The quantitative estimate of drug-likeness (QED) is 0.640. The van der Waals surface area contributed by atoms with Gasteiger partial charge in [0.15, 0.2) is 17.3 Å². The number of anilines is 3. The predicted octanol–water partition coefficient (Wildman–Crippen LogP) is 1.78. The first-order valence-corrected chi connectivity index (χ1v) is 11.2. The minimum atomic E-state index is 0.305. The fourth-order valence-corrected chi connectivity index (χ4v) is 4.92. The monoisotopic (exact) mass is 424 g/mol. The number of hydrogen-bond acceptors (Lipinski definition) is 8. The summed E-state index contributed by atoms with van der Waals surface area (Å²) in [6, 6.07) is 4.15. The van der Waals surface area contributed by atoms with Gasteiger partial charge in [-0.25, -0.2) is 4.98 Å². The first kappa shape index (κ1) is 18.9. The summed E-state index contributed by atoms with van der Waals surface area (Å²) < 4.78 is 13.6. The summed E-state index contributed by atoms with van der Waals surface area (Å²) in [4.78, 5) is 9.87. The molecule has 2 bridgehead atoms. The smallest absolute Gasteiger partial charge is 0.171 e. The molecule has 0 aromatic carbocycles. The molecule has 0 spiro atoms. The Morgan fingerprint density at radius 2 is 1.97 bits per heavy atom. The highest BCUT2D eigenvalue weighted by atomic mass is 16.5. The summed E-state index contributed by atoms with van der Waals surface area (Å²) in [5.74, 6) is 2.61. The number of aromatic nitrogens is 5. The highest BCUT2D eigenvalue weighted by Crippen LogP contribution is 2.39. The third kappa shape index (κ3) is 3.30. The van der Waals surface area contributed by atoms with Gasteiger partial charge >= 0.3 is 0 Å². The normalized spacial score (nSPS) is 23.6. The fourth-order valence-electron chi connectivity index (χ4n) is 4.92. The summed E-state index contributed by atoms with van der Waals surface area (Å²) in [6.45, 7) is 7.80. The van der Waals surface area contributed by atoms with Crippen LogP contribution >= 0.6 is 0 Å². The standard InChI is InChI=1S/C21H28N8O2/c1-2-22-20-19-16(28-12-14-3-4-15(13-28)31-14)11-18(27-7-9-30-10-8-27)24-21(19)29(26-20)17-5-6-23-25-17/h5-6,11,14-15H,2-4,7-10,12-13H2,1H3,(H,22,26)(H,23,25). The average molecular weight is 425 g/mol. The van der Waals surface area contributed by atoms with Crippen LogP contribution in [0, 0.1) is 0 Å². The molecule has 10 nitrogen and oxygen atoms in total. The molecule has 2 unspecified atom stereocenters. The topological polar surface area (TPSA) is 96.4 Å². The maximum Gasteiger partial charge on any atom is 0.171 e. The second-order valence-corrected chi connectivity index (χ2v) is 8.39. The van der Waals surface area contributed by atoms with E-state index >= 15 is 0 Å². The van der Waals surface area contributed by atoms with E-state index in [1.165, 1.54) is 5.69 Å². The lowest BCUT2D eigenvalue weighted by molar-refractivity contribution is 0.0306. The van der Waals surface area contributed by atoms with Gasteiger partial charge in [0.25, 0.3) is 0 Å². The number of pyridine rings is 1. The van der Waals surface area contributed by atoms with Gasteiger partial charge in [0.2, 0.25) is 0 Å². The fraction of sp³-hybridized carbons (Fsp3) is 0.571. The lowest BCUT2D eigenvalue weighted by Gasteiger charge is -2.35. The van der Waals surface area contributed by atoms with Crippen LogP contribution in [0.1, 0.15) is 19.8 Å². The van der Waals surface area contributed by atoms with Crippen LogP contribution in [0.2, 0.25) is 0 Å². The molecular weight excluding hydrogens is 396 g/mol. The summed E-state index contributed by atoms with van der Waals surface area (Å²) in [5, 5.41) is 16.6. The number of fused-ring (bicyclic) bond motifs is 3. The van der Waals surface area contributed by atoms with Crippen molar-refractivity contribution < 1.29 is 9.47 Å². The largest absolute Gasteiger partial charge is 0.378 e. The number of morpholine rings is 2. The minimum absolute atomic E-state index is 0.305. The van der Waals surface area contributed by atoms with Crippen LogP contribution < -0.4 is 15.1 Å². The summed E-state index contributed by atoms with van der Waals surface area (Å²) in [5.41, 5.74) is 2.01. The van der Waals surface area contributed by atoms with Gasteiger partial charge in [-0.2, -0.15) is 9.78 Å². The second-order valence-electron chi connectivity index (χ2n) is 8.39. The van der Waals surface area contributed by atoms with Crippen molar-refractivity contribution in [3.8, 4) is 5.82 Å². The first-order valence-electron chi connectivity index (χ1n) is 11.2. The molecule has 2 N–H and O–H groups in total. The van der Waals surface area contributed by atoms with Crippen molar-refractivity contribution in [3.05, 3.63) is 18.3 Å². The summed E-state index contributed by atoms with van der Waals surface area (Å²) >= 11 is 0. The highest BCUT2D eigenvalue weighted by molar-refractivity contribution is 6.01. The van der Waals surface area contributed by atoms with Gasteiger partial charge in [0.05, 0.1) is 42.7 Å².